The van der Waals surface area contributed by atoms with E-state index in [-0.39, 0.29) is 10.7 Å². The number of benzene rings is 2. The first-order valence-electron chi connectivity index (χ1n) is 7.08. The van der Waals surface area contributed by atoms with Crippen LogP contribution < -0.4 is 15.5 Å². The van der Waals surface area contributed by atoms with E-state index in [1.165, 1.54) is 18.2 Å². The first-order valence-corrected chi connectivity index (χ1v) is 7.45. The molecule has 2 amide bonds. The monoisotopic (exact) mass is 348 g/mol. The summed E-state index contributed by atoms with van der Waals surface area (Å²) < 4.78 is 0. The Labute approximate surface area is 144 Å². The minimum absolute atomic E-state index is 0.0963. The van der Waals surface area contributed by atoms with Crippen molar-refractivity contribution in [1.82, 2.24) is 0 Å². The van der Waals surface area contributed by atoms with E-state index in [2.05, 4.69) is 10.6 Å². The molecule has 0 heterocycles. The lowest BCUT2D eigenvalue weighted by molar-refractivity contribution is -0.384. The van der Waals surface area contributed by atoms with Crippen molar-refractivity contribution in [2.24, 2.45) is 0 Å². The van der Waals surface area contributed by atoms with Crippen LogP contribution in [0.15, 0.2) is 36.4 Å². The summed E-state index contributed by atoms with van der Waals surface area (Å²) in [4.78, 5) is 24.2. The highest BCUT2D eigenvalue weighted by molar-refractivity contribution is 6.34. The zero-order valence-corrected chi connectivity index (χ0v) is 14.2. The summed E-state index contributed by atoms with van der Waals surface area (Å²) in [6.45, 7) is 1.89. The molecule has 0 atom stereocenters. The highest BCUT2D eigenvalue weighted by Crippen LogP contribution is 2.27. The molecule has 0 aliphatic heterocycles. The number of hydrogen-bond acceptors (Lipinski definition) is 4. The number of non-ortho nitro benzene ring substituents is 1. The molecule has 2 aromatic carbocycles. The van der Waals surface area contributed by atoms with Gasteiger partial charge in [0.15, 0.2) is 0 Å². The van der Waals surface area contributed by atoms with Gasteiger partial charge in [0, 0.05) is 37.6 Å². The summed E-state index contributed by atoms with van der Waals surface area (Å²) in [5, 5.41) is 16.1. The molecule has 24 heavy (non-hydrogen) atoms. The van der Waals surface area contributed by atoms with Crippen LogP contribution in [-0.2, 0) is 0 Å². The smallest absolute Gasteiger partial charge is 0.323 e. The number of nitro benzene ring substituents is 1. The zero-order valence-electron chi connectivity index (χ0n) is 13.5. The van der Waals surface area contributed by atoms with Gasteiger partial charge in [-0.3, -0.25) is 10.1 Å². The average molecular weight is 349 g/mol. The molecule has 0 aliphatic rings. The Hall–Kier alpha value is -2.80. The number of nitro groups is 1. The van der Waals surface area contributed by atoms with Gasteiger partial charge in [-0.15, -0.1) is 0 Å². The summed E-state index contributed by atoms with van der Waals surface area (Å²) in [7, 11) is 3.87. The number of amides is 2. The molecule has 0 radical (unpaired) electrons. The average Bonchev–Trinajstić information content (AvgIpc) is 2.50. The second kappa shape index (κ2) is 7.18. The van der Waals surface area contributed by atoms with Gasteiger partial charge in [-0.2, -0.15) is 0 Å². The maximum Gasteiger partial charge on any atom is 0.323 e. The number of urea groups is 1. The third kappa shape index (κ3) is 4.14. The molecule has 0 unspecified atom stereocenters. The summed E-state index contributed by atoms with van der Waals surface area (Å²) >= 11 is 5.95. The molecule has 0 fully saturated rings. The summed E-state index contributed by atoms with van der Waals surface area (Å²) in [5.41, 5.74) is 2.75. The van der Waals surface area contributed by atoms with Gasteiger partial charge in [-0.05, 0) is 36.8 Å². The first-order chi connectivity index (χ1) is 11.3. The van der Waals surface area contributed by atoms with Gasteiger partial charge in [0.1, 0.15) is 0 Å². The molecule has 2 N–H and O–H groups in total. The molecule has 7 nitrogen and oxygen atoms in total. The third-order valence-electron chi connectivity index (χ3n) is 3.39. The predicted octanol–water partition coefficient (Wildman–Crippen LogP) is 4.27. The van der Waals surface area contributed by atoms with E-state index < -0.39 is 11.0 Å². The van der Waals surface area contributed by atoms with Gasteiger partial charge >= 0.3 is 6.03 Å². The second-order valence-corrected chi connectivity index (χ2v) is 5.80. The summed E-state index contributed by atoms with van der Waals surface area (Å²) in [5.74, 6) is 0. The van der Waals surface area contributed by atoms with Crippen molar-refractivity contribution >= 4 is 40.4 Å². The number of rotatable bonds is 4. The molecule has 126 valence electrons. The highest BCUT2D eigenvalue weighted by Gasteiger charge is 2.12. The Bertz CT molecular complexity index is 793. The Morgan fingerprint density at radius 2 is 1.75 bits per heavy atom. The lowest BCUT2D eigenvalue weighted by Crippen LogP contribution is -2.20. The van der Waals surface area contributed by atoms with Crippen LogP contribution >= 0.6 is 11.6 Å². The minimum Gasteiger partial charge on any atom is -0.378 e. The third-order valence-corrected chi connectivity index (χ3v) is 3.70. The number of aryl methyl sites for hydroxylation is 1. The Balaban J connectivity index is 2.10. The van der Waals surface area contributed by atoms with Gasteiger partial charge < -0.3 is 15.5 Å². The number of anilines is 3. The fourth-order valence-electron chi connectivity index (χ4n) is 2.06. The number of nitrogens with zero attached hydrogens (tertiary/aromatic N) is 2. The number of halogens is 1. The predicted molar refractivity (Wildman–Crippen MR) is 96.3 cm³/mol. The van der Waals surface area contributed by atoms with E-state index in [0.717, 1.165) is 11.3 Å². The van der Waals surface area contributed by atoms with Crippen LogP contribution in [0, 0.1) is 17.0 Å². The van der Waals surface area contributed by atoms with Crippen LogP contribution in [0.25, 0.3) is 0 Å². The van der Waals surface area contributed by atoms with Crippen molar-refractivity contribution in [3.63, 3.8) is 0 Å². The van der Waals surface area contributed by atoms with Crippen LogP contribution in [0.5, 0.6) is 0 Å². The fourth-order valence-corrected chi connectivity index (χ4v) is 2.28. The SMILES string of the molecule is Cc1cc(N(C)C)ccc1NC(=O)Nc1ccc([N+](=O)[O-])cc1Cl. The van der Waals surface area contributed by atoms with Gasteiger partial charge in [-0.1, -0.05) is 11.6 Å². The minimum atomic E-state index is -0.550. The van der Waals surface area contributed by atoms with Gasteiger partial charge in [0.25, 0.3) is 5.69 Å². The van der Waals surface area contributed by atoms with E-state index in [1.54, 1.807) is 0 Å². The molecule has 2 aromatic rings. The molecule has 0 bridgehead atoms. The number of carbonyl (C=O) groups is 1. The highest BCUT2D eigenvalue weighted by atomic mass is 35.5. The lowest BCUT2D eigenvalue weighted by Gasteiger charge is -2.16. The fraction of sp³-hybridized carbons (Fsp3) is 0.188. The maximum absolute atomic E-state index is 12.1. The Morgan fingerprint density at radius 1 is 1.12 bits per heavy atom. The molecular formula is C16H17ClN4O3. The van der Waals surface area contributed by atoms with Crippen LogP contribution in [0.3, 0.4) is 0 Å². The van der Waals surface area contributed by atoms with E-state index in [0.29, 0.717) is 11.4 Å². The van der Waals surface area contributed by atoms with E-state index >= 15 is 0 Å². The number of carbonyl (C=O) groups excluding carboxylic acids is 1. The van der Waals surface area contributed by atoms with Gasteiger partial charge in [0.2, 0.25) is 0 Å². The quantitative estimate of drug-likeness (QED) is 0.638. The molecule has 8 heteroatoms. The van der Waals surface area contributed by atoms with E-state index in [9.17, 15) is 14.9 Å². The Morgan fingerprint density at radius 3 is 2.29 bits per heavy atom. The molecule has 0 aromatic heterocycles. The van der Waals surface area contributed by atoms with Gasteiger partial charge in [0.05, 0.1) is 15.6 Å². The van der Waals surface area contributed by atoms with Crippen molar-refractivity contribution in [3.8, 4) is 0 Å². The van der Waals surface area contributed by atoms with E-state index in [4.69, 9.17) is 11.6 Å². The topological polar surface area (TPSA) is 87.5 Å². The first kappa shape index (κ1) is 17.6. The number of nitrogens with one attached hydrogen (secondary N) is 2. The van der Waals surface area contributed by atoms with Crippen molar-refractivity contribution in [2.75, 3.05) is 29.6 Å². The molecule has 0 spiro atoms. The van der Waals surface area contributed by atoms with Crippen molar-refractivity contribution < 1.29 is 9.72 Å². The molecule has 2 rings (SSSR count). The zero-order chi connectivity index (χ0) is 17.9. The summed E-state index contributed by atoms with van der Waals surface area (Å²) in [6.07, 6.45) is 0. The van der Waals surface area contributed by atoms with Crippen molar-refractivity contribution in [1.29, 1.82) is 0 Å². The van der Waals surface area contributed by atoms with Crippen LogP contribution in [0.2, 0.25) is 5.02 Å². The number of hydrogen-bond donors (Lipinski definition) is 2. The maximum atomic E-state index is 12.1. The Kier molecular flexibility index (Phi) is 5.25. The van der Waals surface area contributed by atoms with Crippen LogP contribution in [0.4, 0.5) is 27.5 Å². The van der Waals surface area contributed by atoms with Crippen LogP contribution in [-0.4, -0.2) is 25.0 Å². The standard InChI is InChI=1S/C16H17ClN4O3/c1-10-8-11(20(2)3)4-6-14(10)18-16(22)19-15-7-5-12(21(23)24)9-13(15)17/h4-9H,1-3H3,(H2,18,19,22). The van der Waals surface area contributed by atoms with E-state index in [1.807, 2.05) is 44.1 Å². The normalized spacial score (nSPS) is 10.2. The second-order valence-electron chi connectivity index (χ2n) is 5.39. The van der Waals surface area contributed by atoms with Gasteiger partial charge in [-0.25, -0.2) is 4.79 Å². The van der Waals surface area contributed by atoms with Crippen molar-refractivity contribution in [3.05, 3.63) is 57.1 Å². The van der Waals surface area contributed by atoms with Crippen molar-refractivity contribution in [2.45, 2.75) is 6.92 Å². The molecule has 0 saturated heterocycles. The molecule has 0 saturated carbocycles. The largest absolute Gasteiger partial charge is 0.378 e. The summed E-state index contributed by atoms with van der Waals surface area (Å²) in [6, 6.07) is 9.03. The molecule has 0 aliphatic carbocycles. The lowest BCUT2D eigenvalue weighted by atomic mass is 10.1. The van der Waals surface area contributed by atoms with Crippen LogP contribution in [0.1, 0.15) is 5.56 Å². The molecular weight excluding hydrogens is 332 g/mol.